The highest BCUT2D eigenvalue weighted by atomic mass is 32.2. The van der Waals surface area contributed by atoms with Gasteiger partial charge in [0, 0.05) is 13.1 Å². The number of carbonyl (C=O) groups is 2. The maximum atomic E-state index is 12.2. The lowest BCUT2D eigenvalue weighted by molar-refractivity contribution is 0.0602. The van der Waals surface area contributed by atoms with Crippen LogP contribution in [0.4, 0.5) is 4.79 Å². The first-order chi connectivity index (χ1) is 8.89. The van der Waals surface area contributed by atoms with Gasteiger partial charge in [-0.15, -0.1) is 11.3 Å². The third-order valence-electron chi connectivity index (χ3n) is 2.54. The van der Waals surface area contributed by atoms with Gasteiger partial charge in [0.15, 0.2) is 0 Å². The minimum absolute atomic E-state index is 0.0805. The van der Waals surface area contributed by atoms with E-state index in [4.69, 9.17) is 0 Å². The van der Waals surface area contributed by atoms with Gasteiger partial charge < -0.3 is 9.64 Å². The number of methoxy groups -OCH3 is 1. The molecule has 8 heteroatoms. The molecule has 0 saturated carbocycles. The lowest BCUT2D eigenvalue weighted by Crippen LogP contribution is -2.35. The number of ether oxygens (including phenoxy) is 1. The van der Waals surface area contributed by atoms with Crippen LogP contribution in [0.5, 0.6) is 0 Å². The van der Waals surface area contributed by atoms with Gasteiger partial charge in [-0.05, 0) is 25.3 Å². The van der Waals surface area contributed by atoms with E-state index in [1.807, 2.05) is 0 Å². The van der Waals surface area contributed by atoms with Crippen LogP contribution in [-0.4, -0.2) is 44.7 Å². The molecule has 0 aliphatic heterocycles. The lowest BCUT2D eigenvalue weighted by atomic mass is 10.5. The van der Waals surface area contributed by atoms with Crippen LogP contribution in [-0.2, 0) is 14.6 Å². The molecule has 106 valence electrons. The van der Waals surface area contributed by atoms with E-state index in [-0.39, 0.29) is 22.9 Å². The molecular weight excluding hydrogens is 290 g/mol. The van der Waals surface area contributed by atoms with Crippen LogP contribution in [0, 0.1) is 0 Å². The van der Waals surface area contributed by atoms with Crippen molar-refractivity contribution < 1.29 is 22.7 Å². The molecule has 0 fully saturated rings. The van der Waals surface area contributed by atoms with E-state index in [2.05, 4.69) is 4.74 Å². The number of sulfone groups is 1. The molecule has 6 nitrogen and oxygen atoms in total. The first-order valence-corrected chi connectivity index (χ1v) is 7.96. The number of hydrogen-bond donors (Lipinski definition) is 0. The fraction of sp³-hybridized carbons (Fsp3) is 0.455. The van der Waals surface area contributed by atoms with Crippen molar-refractivity contribution >= 4 is 32.4 Å². The van der Waals surface area contributed by atoms with Crippen molar-refractivity contribution in [2.45, 2.75) is 18.7 Å². The Balaban J connectivity index is 3.25. The van der Waals surface area contributed by atoms with Gasteiger partial charge in [0.2, 0.25) is 0 Å². The highest BCUT2D eigenvalue weighted by Gasteiger charge is 2.33. The van der Waals surface area contributed by atoms with Crippen LogP contribution in [0.2, 0.25) is 0 Å². The predicted octanol–water partition coefficient (Wildman–Crippen LogP) is 1.77. The standard InChI is InChI=1S/C11H15NO5S2/c1-4-12(5-2)11(14)19(15,16)8-6-7-18-9(8)10(13)17-3/h6-7H,4-5H2,1-3H3. The van der Waals surface area contributed by atoms with Crippen molar-refractivity contribution in [3.8, 4) is 0 Å². The number of amides is 1. The third-order valence-corrected chi connectivity index (χ3v) is 5.20. The van der Waals surface area contributed by atoms with E-state index >= 15 is 0 Å². The summed E-state index contributed by atoms with van der Waals surface area (Å²) in [6.45, 7) is 3.94. The molecule has 1 amide bonds. The minimum Gasteiger partial charge on any atom is -0.465 e. The topological polar surface area (TPSA) is 80.8 Å². The van der Waals surface area contributed by atoms with Crippen molar-refractivity contribution in [2.75, 3.05) is 20.2 Å². The van der Waals surface area contributed by atoms with Gasteiger partial charge in [-0.3, -0.25) is 4.79 Å². The zero-order valence-electron chi connectivity index (χ0n) is 10.9. The van der Waals surface area contributed by atoms with Gasteiger partial charge >= 0.3 is 11.2 Å². The van der Waals surface area contributed by atoms with E-state index in [9.17, 15) is 18.0 Å². The molecule has 1 rings (SSSR count). The molecule has 1 aromatic rings. The summed E-state index contributed by atoms with van der Waals surface area (Å²) in [5, 5.41) is 0.440. The molecule has 0 aliphatic rings. The highest BCUT2D eigenvalue weighted by molar-refractivity contribution is 8.06. The lowest BCUT2D eigenvalue weighted by Gasteiger charge is -2.18. The van der Waals surface area contributed by atoms with Crippen LogP contribution in [0.25, 0.3) is 0 Å². The van der Waals surface area contributed by atoms with E-state index in [0.29, 0.717) is 0 Å². The smallest absolute Gasteiger partial charge is 0.349 e. The van der Waals surface area contributed by atoms with Crippen LogP contribution < -0.4 is 0 Å². The average Bonchev–Trinajstić information content (AvgIpc) is 2.89. The second kappa shape index (κ2) is 6.16. The summed E-state index contributed by atoms with van der Waals surface area (Å²) in [6, 6.07) is 1.24. The second-order valence-corrected chi connectivity index (χ2v) is 6.26. The number of carbonyl (C=O) groups excluding carboxylic acids is 2. The molecule has 0 unspecified atom stereocenters. The Morgan fingerprint density at radius 1 is 1.32 bits per heavy atom. The molecule has 0 spiro atoms. The summed E-state index contributed by atoms with van der Waals surface area (Å²) in [4.78, 5) is 24.3. The zero-order chi connectivity index (χ0) is 14.6. The first-order valence-electron chi connectivity index (χ1n) is 5.59. The van der Waals surface area contributed by atoms with Crippen molar-refractivity contribution in [1.29, 1.82) is 0 Å². The van der Waals surface area contributed by atoms with Crippen LogP contribution in [0.15, 0.2) is 16.3 Å². The normalized spacial score (nSPS) is 11.1. The molecule has 0 N–H and O–H groups in total. The number of thiophene rings is 1. The molecule has 1 heterocycles. The fourth-order valence-corrected chi connectivity index (χ4v) is 4.12. The maximum Gasteiger partial charge on any atom is 0.349 e. The molecule has 0 atom stereocenters. The Kier molecular flexibility index (Phi) is 5.07. The average molecular weight is 305 g/mol. The minimum atomic E-state index is -4.21. The molecule has 0 radical (unpaired) electrons. The van der Waals surface area contributed by atoms with E-state index in [1.54, 1.807) is 13.8 Å². The van der Waals surface area contributed by atoms with Gasteiger partial charge in [0.05, 0.1) is 7.11 Å². The van der Waals surface area contributed by atoms with Gasteiger partial charge in [0.1, 0.15) is 9.77 Å². The van der Waals surface area contributed by atoms with Crippen molar-refractivity contribution in [1.82, 2.24) is 4.90 Å². The van der Waals surface area contributed by atoms with Crippen LogP contribution >= 0.6 is 11.3 Å². The molecule has 0 bridgehead atoms. The van der Waals surface area contributed by atoms with Crippen molar-refractivity contribution in [3.05, 3.63) is 16.3 Å². The Morgan fingerprint density at radius 3 is 2.37 bits per heavy atom. The zero-order valence-corrected chi connectivity index (χ0v) is 12.5. The summed E-state index contributed by atoms with van der Waals surface area (Å²) in [6.07, 6.45) is 0. The number of rotatable bonds is 4. The van der Waals surface area contributed by atoms with E-state index < -0.39 is 21.0 Å². The Bertz CT molecular complexity index is 572. The van der Waals surface area contributed by atoms with Gasteiger partial charge in [0.25, 0.3) is 9.84 Å². The predicted molar refractivity (Wildman–Crippen MR) is 71.2 cm³/mol. The number of nitrogens with zero attached hydrogens (tertiary/aromatic N) is 1. The van der Waals surface area contributed by atoms with Crippen LogP contribution in [0.3, 0.4) is 0 Å². The quantitative estimate of drug-likeness (QED) is 0.792. The molecule has 0 saturated heterocycles. The van der Waals surface area contributed by atoms with E-state index in [1.165, 1.54) is 16.3 Å². The summed E-state index contributed by atoms with van der Waals surface area (Å²) in [5.74, 6) is -0.763. The molecule has 0 aliphatic carbocycles. The Labute approximate surface area is 115 Å². The first kappa shape index (κ1) is 15.6. The summed E-state index contributed by atoms with van der Waals surface area (Å²) in [5.41, 5.74) is 0. The van der Waals surface area contributed by atoms with Crippen molar-refractivity contribution in [2.24, 2.45) is 0 Å². The van der Waals surface area contributed by atoms with Crippen molar-refractivity contribution in [3.63, 3.8) is 0 Å². The van der Waals surface area contributed by atoms with E-state index in [0.717, 1.165) is 18.4 Å². The molecule has 1 aromatic heterocycles. The summed E-state index contributed by atoms with van der Waals surface area (Å²) < 4.78 is 28.9. The van der Waals surface area contributed by atoms with Crippen LogP contribution in [0.1, 0.15) is 23.5 Å². The highest BCUT2D eigenvalue weighted by Crippen LogP contribution is 2.25. The Morgan fingerprint density at radius 2 is 1.89 bits per heavy atom. The monoisotopic (exact) mass is 305 g/mol. The largest absolute Gasteiger partial charge is 0.465 e. The number of hydrogen-bond acceptors (Lipinski definition) is 6. The third kappa shape index (κ3) is 2.95. The molecule has 0 aromatic carbocycles. The maximum absolute atomic E-state index is 12.2. The van der Waals surface area contributed by atoms with Gasteiger partial charge in [-0.25, -0.2) is 13.2 Å². The molecule has 19 heavy (non-hydrogen) atoms. The fourth-order valence-electron chi connectivity index (χ4n) is 1.50. The molecular formula is C11H15NO5S2. The number of esters is 1. The SMILES string of the molecule is CCN(CC)C(=O)S(=O)(=O)c1ccsc1C(=O)OC. The Hall–Kier alpha value is -1.41. The summed E-state index contributed by atoms with van der Waals surface area (Å²) in [7, 11) is -3.05. The van der Waals surface area contributed by atoms with Gasteiger partial charge in [-0.2, -0.15) is 0 Å². The summed E-state index contributed by atoms with van der Waals surface area (Å²) >= 11 is 0.929. The second-order valence-electron chi connectivity index (χ2n) is 3.55. The van der Waals surface area contributed by atoms with Gasteiger partial charge in [-0.1, -0.05) is 0 Å².